The van der Waals surface area contributed by atoms with Gasteiger partial charge in [-0.2, -0.15) is 0 Å². The highest BCUT2D eigenvalue weighted by Gasteiger charge is 2.04. The molecule has 0 aliphatic carbocycles. The summed E-state index contributed by atoms with van der Waals surface area (Å²) < 4.78 is 23.3. The first kappa shape index (κ1) is 13.3. The Kier molecular flexibility index (Phi) is 7.28. The molecule has 0 unspecified atom stereocenters. The van der Waals surface area contributed by atoms with Crippen LogP contribution in [0.2, 0.25) is 0 Å². The summed E-state index contributed by atoms with van der Waals surface area (Å²) in [6.07, 6.45) is -1.50. The SMILES string of the molecule is CC(C)CCNC(=O)CNCC(F)F. The van der Waals surface area contributed by atoms with Gasteiger partial charge in [0.05, 0.1) is 13.1 Å². The number of hydrogen-bond donors (Lipinski definition) is 2. The number of nitrogens with one attached hydrogen (secondary N) is 2. The maximum atomic E-state index is 11.6. The van der Waals surface area contributed by atoms with Gasteiger partial charge in [-0.25, -0.2) is 8.78 Å². The van der Waals surface area contributed by atoms with Crippen LogP contribution in [0.25, 0.3) is 0 Å². The van der Waals surface area contributed by atoms with Crippen LogP contribution >= 0.6 is 0 Å². The molecule has 5 heteroatoms. The Labute approximate surface area is 83.3 Å². The lowest BCUT2D eigenvalue weighted by Crippen LogP contribution is -2.36. The third kappa shape index (κ3) is 9.38. The van der Waals surface area contributed by atoms with E-state index in [0.717, 1.165) is 6.42 Å². The van der Waals surface area contributed by atoms with Crippen molar-refractivity contribution in [1.29, 1.82) is 0 Å². The molecule has 0 fully saturated rings. The first-order valence-electron chi connectivity index (χ1n) is 4.78. The number of rotatable bonds is 7. The van der Waals surface area contributed by atoms with E-state index in [-0.39, 0.29) is 12.5 Å². The van der Waals surface area contributed by atoms with Crippen LogP contribution < -0.4 is 10.6 Å². The van der Waals surface area contributed by atoms with Gasteiger partial charge in [0.25, 0.3) is 6.43 Å². The van der Waals surface area contributed by atoms with Crippen LogP contribution in [0.15, 0.2) is 0 Å². The lowest BCUT2D eigenvalue weighted by atomic mass is 10.1. The number of amides is 1. The van der Waals surface area contributed by atoms with Gasteiger partial charge in [-0.05, 0) is 12.3 Å². The summed E-state index contributed by atoms with van der Waals surface area (Å²) in [6.45, 7) is 4.25. The summed E-state index contributed by atoms with van der Waals surface area (Å²) in [6, 6.07) is 0. The Balaban J connectivity index is 3.28. The van der Waals surface area contributed by atoms with E-state index in [4.69, 9.17) is 0 Å². The van der Waals surface area contributed by atoms with Crippen molar-refractivity contribution in [3.8, 4) is 0 Å². The van der Waals surface area contributed by atoms with Crippen LogP contribution in [0, 0.1) is 5.92 Å². The van der Waals surface area contributed by atoms with Crippen molar-refractivity contribution in [3.63, 3.8) is 0 Å². The minimum Gasteiger partial charge on any atom is -0.355 e. The van der Waals surface area contributed by atoms with E-state index in [9.17, 15) is 13.6 Å². The highest BCUT2D eigenvalue weighted by Crippen LogP contribution is 1.95. The van der Waals surface area contributed by atoms with Gasteiger partial charge in [-0.15, -0.1) is 0 Å². The summed E-state index contributed by atoms with van der Waals surface area (Å²) in [5.74, 6) is 0.302. The van der Waals surface area contributed by atoms with Crippen LogP contribution in [-0.4, -0.2) is 32.0 Å². The van der Waals surface area contributed by atoms with Gasteiger partial charge in [0.15, 0.2) is 0 Å². The average molecular weight is 208 g/mol. The zero-order valence-corrected chi connectivity index (χ0v) is 8.65. The highest BCUT2D eigenvalue weighted by atomic mass is 19.3. The van der Waals surface area contributed by atoms with Crippen molar-refractivity contribution in [1.82, 2.24) is 10.6 Å². The molecule has 0 bridgehead atoms. The van der Waals surface area contributed by atoms with Crippen LogP contribution in [-0.2, 0) is 4.79 Å². The van der Waals surface area contributed by atoms with Crippen molar-refractivity contribution in [2.45, 2.75) is 26.7 Å². The molecular formula is C9H18F2N2O. The third-order valence-electron chi connectivity index (χ3n) is 1.63. The third-order valence-corrected chi connectivity index (χ3v) is 1.63. The number of alkyl halides is 2. The summed E-state index contributed by atoms with van der Waals surface area (Å²) in [4.78, 5) is 11.0. The van der Waals surface area contributed by atoms with Gasteiger partial charge in [-0.1, -0.05) is 13.8 Å². The highest BCUT2D eigenvalue weighted by molar-refractivity contribution is 5.77. The standard InChI is InChI=1S/C9H18F2N2O/c1-7(2)3-4-13-9(14)6-12-5-8(10)11/h7-8,12H,3-6H2,1-2H3,(H,13,14). The fourth-order valence-corrected chi connectivity index (χ4v) is 0.858. The normalized spacial score (nSPS) is 11.0. The molecule has 0 aromatic heterocycles. The van der Waals surface area contributed by atoms with E-state index < -0.39 is 13.0 Å². The quantitative estimate of drug-likeness (QED) is 0.655. The predicted octanol–water partition coefficient (Wildman–Crippen LogP) is 1.00. The van der Waals surface area contributed by atoms with Gasteiger partial charge in [0.2, 0.25) is 5.91 Å². The first-order valence-corrected chi connectivity index (χ1v) is 4.78. The maximum Gasteiger partial charge on any atom is 0.250 e. The molecular weight excluding hydrogens is 190 g/mol. The summed E-state index contributed by atoms with van der Waals surface area (Å²) >= 11 is 0. The molecule has 3 nitrogen and oxygen atoms in total. The first-order chi connectivity index (χ1) is 6.52. The molecule has 1 amide bonds. The molecule has 0 aromatic carbocycles. The topological polar surface area (TPSA) is 41.1 Å². The van der Waals surface area contributed by atoms with E-state index in [1.165, 1.54) is 0 Å². The fraction of sp³-hybridized carbons (Fsp3) is 0.889. The second-order valence-electron chi connectivity index (χ2n) is 3.55. The van der Waals surface area contributed by atoms with Crippen LogP contribution in [0.4, 0.5) is 8.78 Å². The van der Waals surface area contributed by atoms with Crippen molar-refractivity contribution in [2.75, 3.05) is 19.6 Å². The van der Waals surface area contributed by atoms with Crippen LogP contribution in [0.1, 0.15) is 20.3 Å². The van der Waals surface area contributed by atoms with Crippen LogP contribution in [0.5, 0.6) is 0 Å². The average Bonchev–Trinajstić information content (AvgIpc) is 2.02. The molecule has 14 heavy (non-hydrogen) atoms. The largest absolute Gasteiger partial charge is 0.355 e. The number of carbonyl (C=O) groups excluding carboxylic acids is 1. The summed E-state index contributed by atoms with van der Waals surface area (Å²) in [5, 5.41) is 5.00. The molecule has 0 radical (unpaired) electrons. The second kappa shape index (κ2) is 7.67. The van der Waals surface area contributed by atoms with Crippen molar-refractivity contribution >= 4 is 5.91 Å². The maximum absolute atomic E-state index is 11.6. The minimum atomic E-state index is -2.40. The molecule has 0 atom stereocenters. The molecule has 0 aromatic rings. The Morgan fingerprint density at radius 3 is 2.50 bits per heavy atom. The Bertz CT molecular complexity index is 147. The summed E-state index contributed by atoms with van der Waals surface area (Å²) in [5.41, 5.74) is 0. The smallest absolute Gasteiger partial charge is 0.250 e. The molecule has 0 aliphatic heterocycles. The van der Waals surface area contributed by atoms with Gasteiger partial charge in [-0.3, -0.25) is 4.79 Å². The van der Waals surface area contributed by atoms with Crippen LogP contribution in [0.3, 0.4) is 0 Å². The van der Waals surface area contributed by atoms with E-state index in [1.807, 2.05) is 0 Å². The fourth-order valence-electron chi connectivity index (χ4n) is 0.858. The molecule has 84 valence electrons. The predicted molar refractivity (Wildman–Crippen MR) is 51.3 cm³/mol. The van der Waals surface area contributed by atoms with E-state index >= 15 is 0 Å². The molecule has 2 N–H and O–H groups in total. The molecule has 0 rings (SSSR count). The number of halogens is 2. The lowest BCUT2D eigenvalue weighted by molar-refractivity contribution is -0.120. The van der Waals surface area contributed by atoms with E-state index in [2.05, 4.69) is 24.5 Å². The molecule has 0 aliphatic rings. The van der Waals surface area contributed by atoms with Gasteiger partial charge in [0, 0.05) is 6.54 Å². The van der Waals surface area contributed by atoms with Crippen molar-refractivity contribution in [3.05, 3.63) is 0 Å². The zero-order valence-electron chi connectivity index (χ0n) is 8.65. The molecule has 0 saturated heterocycles. The number of carbonyl (C=O) groups is 1. The Hall–Kier alpha value is -0.710. The summed E-state index contributed by atoms with van der Waals surface area (Å²) in [7, 11) is 0. The van der Waals surface area contributed by atoms with Crippen molar-refractivity contribution < 1.29 is 13.6 Å². The Morgan fingerprint density at radius 2 is 2.00 bits per heavy atom. The van der Waals surface area contributed by atoms with Gasteiger partial charge >= 0.3 is 0 Å². The van der Waals surface area contributed by atoms with Gasteiger partial charge < -0.3 is 10.6 Å². The molecule has 0 saturated carbocycles. The minimum absolute atomic E-state index is 0.0393. The number of hydrogen-bond acceptors (Lipinski definition) is 2. The lowest BCUT2D eigenvalue weighted by Gasteiger charge is -2.07. The zero-order chi connectivity index (χ0) is 11.0. The molecule has 0 heterocycles. The second-order valence-corrected chi connectivity index (χ2v) is 3.55. The monoisotopic (exact) mass is 208 g/mol. The Morgan fingerprint density at radius 1 is 1.36 bits per heavy atom. The van der Waals surface area contributed by atoms with E-state index in [0.29, 0.717) is 12.5 Å². The van der Waals surface area contributed by atoms with Crippen molar-refractivity contribution in [2.24, 2.45) is 5.92 Å². The molecule has 0 spiro atoms. The van der Waals surface area contributed by atoms with E-state index in [1.54, 1.807) is 0 Å². The van der Waals surface area contributed by atoms with Gasteiger partial charge in [0.1, 0.15) is 0 Å².